The van der Waals surface area contributed by atoms with E-state index in [1.807, 2.05) is 0 Å². The van der Waals surface area contributed by atoms with Gasteiger partial charge in [0.15, 0.2) is 0 Å². The van der Waals surface area contributed by atoms with Gasteiger partial charge in [0.05, 0.1) is 0 Å². The Morgan fingerprint density at radius 3 is 2.65 bits per heavy atom. The molecule has 1 fully saturated rings. The fourth-order valence-corrected chi connectivity index (χ4v) is 2.56. The number of hydrogen-bond acceptors (Lipinski definition) is 3. The average molecular weight is 275 g/mol. The fourth-order valence-electron chi connectivity index (χ4n) is 2.56. The van der Waals surface area contributed by atoms with E-state index in [1.54, 1.807) is 31.3 Å². The average Bonchev–Trinajstić information content (AvgIpc) is 2.42. The maximum Gasteiger partial charge on any atom is 0.251 e. The van der Waals surface area contributed by atoms with Crippen LogP contribution >= 0.6 is 0 Å². The monoisotopic (exact) mass is 275 g/mol. The molecule has 0 heterocycles. The topological polar surface area (TPSA) is 84.2 Å². The van der Waals surface area contributed by atoms with E-state index >= 15 is 0 Å². The third-order valence-electron chi connectivity index (χ3n) is 4.02. The van der Waals surface area contributed by atoms with Crippen LogP contribution in [0, 0.1) is 5.41 Å². The molecular weight excluding hydrogens is 254 g/mol. The first-order chi connectivity index (χ1) is 9.58. The molecule has 0 atom stereocenters. The van der Waals surface area contributed by atoms with E-state index in [4.69, 9.17) is 5.73 Å². The lowest BCUT2D eigenvalue weighted by molar-refractivity contribution is -0.119. The highest BCUT2D eigenvalue weighted by Crippen LogP contribution is 2.43. The van der Waals surface area contributed by atoms with Crippen LogP contribution in [0.1, 0.15) is 36.0 Å². The van der Waals surface area contributed by atoms with Gasteiger partial charge in [-0.25, -0.2) is 0 Å². The third kappa shape index (κ3) is 3.17. The van der Waals surface area contributed by atoms with Crippen molar-refractivity contribution >= 4 is 17.5 Å². The minimum Gasteiger partial charge on any atom is -0.355 e. The summed E-state index contributed by atoms with van der Waals surface area (Å²) in [6.07, 6.45) is 3.65. The Balaban J connectivity index is 1.99. The molecule has 0 radical (unpaired) electrons. The number of benzene rings is 1. The van der Waals surface area contributed by atoms with Crippen LogP contribution in [0.2, 0.25) is 0 Å². The van der Waals surface area contributed by atoms with Gasteiger partial charge in [-0.2, -0.15) is 0 Å². The first kappa shape index (κ1) is 14.5. The molecule has 5 heteroatoms. The van der Waals surface area contributed by atoms with Crippen molar-refractivity contribution in [3.8, 4) is 0 Å². The lowest BCUT2D eigenvalue weighted by atomic mass is 9.66. The number of carbonyl (C=O) groups is 2. The van der Waals surface area contributed by atoms with Crippen molar-refractivity contribution in [2.24, 2.45) is 11.1 Å². The molecule has 0 bridgehead atoms. The summed E-state index contributed by atoms with van der Waals surface area (Å²) >= 11 is 0. The molecule has 0 unspecified atom stereocenters. The molecule has 1 aromatic carbocycles. The van der Waals surface area contributed by atoms with Crippen LogP contribution in [0.15, 0.2) is 24.3 Å². The van der Waals surface area contributed by atoms with E-state index in [0.29, 0.717) is 24.2 Å². The third-order valence-corrected chi connectivity index (χ3v) is 4.02. The molecule has 1 saturated carbocycles. The number of anilines is 1. The van der Waals surface area contributed by atoms with Gasteiger partial charge >= 0.3 is 0 Å². The molecule has 108 valence electrons. The van der Waals surface area contributed by atoms with Crippen LogP contribution in [0.25, 0.3) is 0 Å². The summed E-state index contributed by atoms with van der Waals surface area (Å²) < 4.78 is 0. The number of hydrogen-bond donors (Lipinski definition) is 3. The van der Waals surface area contributed by atoms with Crippen molar-refractivity contribution in [2.75, 3.05) is 18.9 Å². The van der Waals surface area contributed by atoms with E-state index in [1.165, 1.54) is 0 Å². The minimum atomic E-state index is -0.168. The second-order valence-electron chi connectivity index (χ2n) is 5.44. The molecular formula is C15H21N3O2. The molecule has 1 aromatic rings. The lowest BCUT2D eigenvalue weighted by Crippen LogP contribution is -2.40. The summed E-state index contributed by atoms with van der Waals surface area (Å²) in [5.41, 5.74) is 6.92. The highest BCUT2D eigenvalue weighted by molar-refractivity contribution is 5.97. The SMILES string of the molecule is CNC(=O)c1cccc(NC(=O)CC2(CN)CCC2)c1. The Morgan fingerprint density at radius 1 is 1.35 bits per heavy atom. The molecule has 0 saturated heterocycles. The van der Waals surface area contributed by atoms with Crippen molar-refractivity contribution < 1.29 is 9.59 Å². The van der Waals surface area contributed by atoms with Gasteiger partial charge in [0.1, 0.15) is 0 Å². The molecule has 0 aromatic heterocycles. The largest absolute Gasteiger partial charge is 0.355 e. The molecule has 1 aliphatic carbocycles. The summed E-state index contributed by atoms with van der Waals surface area (Å²) in [5.74, 6) is -0.206. The second-order valence-corrected chi connectivity index (χ2v) is 5.44. The maximum atomic E-state index is 12.1. The van der Waals surface area contributed by atoms with E-state index in [-0.39, 0.29) is 17.2 Å². The first-order valence-corrected chi connectivity index (χ1v) is 6.91. The number of nitrogens with two attached hydrogens (primary N) is 1. The van der Waals surface area contributed by atoms with Gasteiger partial charge in [0.25, 0.3) is 5.91 Å². The highest BCUT2D eigenvalue weighted by Gasteiger charge is 2.37. The van der Waals surface area contributed by atoms with Gasteiger partial charge < -0.3 is 16.4 Å². The Bertz CT molecular complexity index is 504. The van der Waals surface area contributed by atoms with E-state index < -0.39 is 0 Å². The normalized spacial score (nSPS) is 16.1. The van der Waals surface area contributed by atoms with E-state index in [0.717, 1.165) is 19.3 Å². The van der Waals surface area contributed by atoms with Crippen LogP contribution in [0.4, 0.5) is 5.69 Å². The van der Waals surface area contributed by atoms with Gasteiger partial charge in [-0.1, -0.05) is 12.5 Å². The van der Waals surface area contributed by atoms with Gasteiger partial charge in [-0.3, -0.25) is 9.59 Å². The van der Waals surface area contributed by atoms with Crippen molar-refractivity contribution in [1.29, 1.82) is 0 Å². The maximum absolute atomic E-state index is 12.1. The standard InChI is InChI=1S/C15H21N3O2/c1-17-14(20)11-4-2-5-12(8-11)18-13(19)9-15(10-16)6-3-7-15/h2,4-5,8H,3,6-7,9-10,16H2,1H3,(H,17,20)(H,18,19). The zero-order valence-electron chi connectivity index (χ0n) is 11.7. The van der Waals surface area contributed by atoms with Crippen molar-refractivity contribution in [2.45, 2.75) is 25.7 Å². The van der Waals surface area contributed by atoms with Gasteiger partial charge in [0, 0.05) is 24.7 Å². The zero-order valence-corrected chi connectivity index (χ0v) is 11.7. The molecule has 2 amide bonds. The summed E-state index contributed by atoms with van der Waals surface area (Å²) in [7, 11) is 1.58. The summed E-state index contributed by atoms with van der Waals surface area (Å²) in [6.45, 7) is 0.554. The van der Waals surface area contributed by atoms with Gasteiger partial charge in [0.2, 0.25) is 5.91 Å². The lowest BCUT2D eigenvalue weighted by Gasteiger charge is -2.40. The van der Waals surface area contributed by atoms with Crippen molar-refractivity contribution in [1.82, 2.24) is 5.32 Å². The van der Waals surface area contributed by atoms with Crippen molar-refractivity contribution in [3.63, 3.8) is 0 Å². The Hall–Kier alpha value is -1.88. The van der Waals surface area contributed by atoms with Gasteiger partial charge in [-0.05, 0) is 43.0 Å². The molecule has 20 heavy (non-hydrogen) atoms. The number of rotatable bonds is 5. The Kier molecular flexibility index (Phi) is 4.39. The van der Waals surface area contributed by atoms with Crippen LogP contribution in [0.5, 0.6) is 0 Å². The number of amides is 2. The van der Waals surface area contributed by atoms with Crippen LogP contribution < -0.4 is 16.4 Å². The second kappa shape index (κ2) is 6.05. The summed E-state index contributed by atoms with van der Waals surface area (Å²) in [6, 6.07) is 6.91. The first-order valence-electron chi connectivity index (χ1n) is 6.91. The predicted molar refractivity (Wildman–Crippen MR) is 78.4 cm³/mol. The van der Waals surface area contributed by atoms with Crippen molar-refractivity contribution in [3.05, 3.63) is 29.8 Å². The quantitative estimate of drug-likeness (QED) is 0.761. The van der Waals surface area contributed by atoms with Crippen LogP contribution in [-0.4, -0.2) is 25.4 Å². The Morgan fingerprint density at radius 2 is 2.10 bits per heavy atom. The highest BCUT2D eigenvalue weighted by atomic mass is 16.2. The van der Waals surface area contributed by atoms with E-state index in [9.17, 15) is 9.59 Å². The predicted octanol–water partition coefficient (Wildman–Crippen LogP) is 1.50. The molecule has 2 rings (SSSR count). The molecule has 5 nitrogen and oxygen atoms in total. The van der Waals surface area contributed by atoms with Crippen LogP contribution in [-0.2, 0) is 4.79 Å². The van der Waals surface area contributed by atoms with E-state index in [2.05, 4.69) is 10.6 Å². The fraction of sp³-hybridized carbons (Fsp3) is 0.467. The summed E-state index contributed by atoms with van der Waals surface area (Å²) in [5, 5.41) is 5.40. The zero-order chi connectivity index (χ0) is 14.6. The molecule has 1 aliphatic rings. The van der Waals surface area contributed by atoms with Gasteiger partial charge in [-0.15, -0.1) is 0 Å². The summed E-state index contributed by atoms with van der Waals surface area (Å²) in [4.78, 5) is 23.6. The van der Waals surface area contributed by atoms with Crippen LogP contribution in [0.3, 0.4) is 0 Å². The molecule has 0 spiro atoms. The number of carbonyl (C=O) groups excluding carboxylic acids is 2. The molecule has 0 aliphatic heterocycles. The smallest absolute Gasteiger partial charge is 0.251 e. The molecule has 4 N–H and O–H groups in total. The minimum absolute atomic E-state index is 0.0114. The number of nitrogens with one attached hydrogen (secondary N) is 2. The Labute approximate surface area is 118 Å².